The number of carbonyl (C=O) groups is 1. The van der Waals surface area contributed by atoms with Gasteiger partial charge >= 0.3 is 0 Å². The van der Waals surface area contributed by atoms with Gasteiger partial charge < -0.3 is 5.32 Å². The summed E-state index contributed by atoms with van der Waals surface area (Å²) in [6.45, 7) is 2.79. The molecule has 122 valence electrons. The van der Waals surface area contributed by atoms with E-state index in [-0.39, 0.29) is 17.2 Å². The number of rotatable bonds is 5. The normalized spacial score (nSPS) is 10.7. The summed E-state index contributed by atoms with van der Waals surface area (Å²) in [6, 6.07) is 12.5. The molecule has 0 atom stereocenters. The number of benzene rings is 1. The standard InChI is InChI=1S/C18H18N4O2/c1-2-11-22-16(23)9-8-15(21-22)18(24)20-12-14-6-3-5-13-7-4-10-19-17(13)14/h3-10H,2,11-12H2,1H3,(H,20,24). The molecule has 3 rings (SSSR count). The Hall–Kier alpha value is -3.02. The minimum atomic E-state index is -0.312. The molecule has 0 saturated carbocycles. The molecule has 0 saturated heterocycles. The molecule has 3 aromatic rings. The second kappa shape index (κ2) is 7.04. The van der Waals surface area contributed by atoms with Gasteiger partial charge in [0.1, 0.15) is 5.69 Å². The van der Waals surface area contributed by atoms with Crippen molar-refractivity contribution in [1.29, 1.82) is 0 Å². The highest BCUT2D eigenvalue weighted by atomic mass is 16.2. The van der Waals surface area contributed by atoms with Crippen LogP contribution in [0.3, 0.4) is 0 Å². The van der Waals surface area contributed by atoms with Crippen molar-refractivity contribution in [2.24, 2.45) is 0 Å². The largest absolute Gasteiger partial charge is 0.346 e. The third-order valence-corrected chi connectivity index (χ3v) is 3.69. The molecule has 0 fully saturated rings. The van der Waals surface area contributed by atoms with E-state index >= 15 is 0 Å². The number of hydrogen-bond donors (Lipinski definition) is 1. The quantitative estimate of drug-likeness (QED) is 0.780. The maximum atomic E-state index is 12.3. The first kappa shape index (κ1) is 15.9. The van der Waals surface area contributed by atoms with E-state index in [1.54, 1.807) is 6.20 Å². The van der Waals surface area contributed by atoms with Crippen LogP contribution in [0.25, 0.3) is 10.9 Å². The van der Waals surface area contributed by atoms with Crippen LogP contribution in [-0.2, 0) is 13.1 Å². The summed E-state index contributed by atoms with van der Waals surface area (Å²) < 4.78 is 1.31. The average Bonchev–Trinajstić information content (AvgIpc) is 2.61. The minimum absolute atomic E-state index is 0.202. The van der Waals surface area contributed by atoms with Crippen LogP contribution < -0.4 is 10.9 Å². The smallest absolute Gasteiger partial charge is 0.271 e. The Balaban J connectivity index is 1.78. The zero-order valence-electron chi connectivity index (χ0n) is 13.4. The van der Waals surface area contributed by atoms with Crippen LogP contribution >= 0.6 is 0 Å². The lowest BCUT2D eigenvalue weighted by Gasteiger charge is -2.08. The van der Waals surface area contributed by atoms with Gasteiger partial charge in [0.2, 0.25) is 0 Å². The van der Waals surface area contributed by atoms with Gasteiger partial charge in [-0.25, -0.2) is 4.68 Å². The van der Waals surface area contributed by atoms with Crippen molar-refractivity contribution in [1.82, 2.24) is 20.1 Å². The van der Waals surface area contributed by atoms with E-state index in [1.807, 2.05) is 37.3 Å². The van der Waals surface area contributed by atoms with Crippen molar-refractivity contribution < 1.29 is 4.79 Å². The number of amides is 1. The fraction of sp³-hybridized carbons (Fsp3) is 0.222. The first-order valence-corrected chi connectivity index (χ1v) is 7.88. The SMILES string of the molecule is CCCn1nc(C(=O)NCc2cccc3cccnc23)ccc1=O. The first-order valence-electron chi connectivity index (χ1n) is 7.88. The molecule has 24 heavy (non-hydrogen) atoms. The van der Waals surface area contributed by atoms with Crippen LogP contribution in [0.15, 0.2) is 53.5 Å². The van der Waals surface area contributed by atoms with Crippen LogP contribution in [-0.4, -0.2) is 20.7 Å². The topological polar surface area (TPSA) is 76.9 Å². The lowest BCUT2D eigenvalue weighted by atomic mass is 10.1. The van der Waals surface area contributed by atoms with Gasteiger partial charge in [0.15, 0.2) is 0 Å². The van der Waals surface area contributed by atoms with Gasteiger partial charge in [-0.2, -0.15) is 5.10 Å². The first-order chi connectivity index (χ1) is 11.7. The number of aromatic nitrogens is 3. The molecule has 0 bridgehead atoms. The van der Waals surface area contributed by atoms with Crippen molar-refractivity contribution in [2.45, 2.75) is 26.4 Å². The highest BCUT2D eigenvalue weighted by Gasteiger charge is 2.10. The van der Waals surface area contributed by atoms with Crippen molar-refractivity contribution in [3.8, 4) is 0 Å². The van der Waals surface area contributed by atoms with Gasteiger partial charge in [-0.1, -0.05) is 31.2 Å². The fourth-order valence-corrected chi connectivity index (χ4v) is 2.52. The lowest BCUT2D eigenvalue weighted by molar-refractivity contribution is 0.0943. The van der Waals surface area contributed by atoms with Gasteiger partial charge in [-0.3, -0.25) is 14.6 Å². The maximum Gasteiger partial charge on any atom is 0.271 e. The Kier molecular flexibility index (Phi) is 4.65. The molecule has 1 aromatic carbocycles. The zero-order chi connectivity index (χ0) is 16.9. The molecule has 6 heteroatoms. The van der Waals surface area contributed by atoms with Crippen molar-refractivity contribution in [3.63, 3.8) is 0 Å². The van der Waals surface area contributed by atoms with Crippen LogP contribution in [0, 0.1) is 0 Å². The summed E-state index contributed by atoms with van der Waals surface area (Å²) in [4.78, 5) is 28.4. The number of aryl methyl sites for hydroxylation is 1. The number of fused-ring (bicyclic) bond motifs is 1. The molecule has 0 aliphatic rings. The molecule has 0 radical (unpaired) electrons. The highest BCUT2D eigenvalue weighted by Crippen LogP contribution is 2.15. The molecule has 0 spiro atoms. The number of nitrogens with zero attached hydrogens (tertiary/aromatic N) is 3. The predicted molar refractivity (Wildman–Crippen MR) is 91.7 cm³/mol. The van der Waals surface area contributed by atoms with Crippen LogP contribution in [0.1, 0.15) is 29.4 Å². The monoisotopic (exact) mass is 322 g/mol. The maximum absolute atomic E-state index is 12.3. The fourth-order valence-electron chi connectivity index (χ4n) is 2.52. The molecular formula is C18H18N4O2. The third kappa shape index (κ3) is 3.32. The van der Waals surface area contributed by atoms with Crippen LogP contribution in [0.2, 0.25) is 0 Å². The Bertz CT molecular complexity index is 928. The van der Waals surface area contributed by atoms with E-state index in [1.165, 1.54) is 16.8 Å². The van der Waals surface area contributed by atoms with E-state index in [0.717, 1.165) is 22.9 Å². The summed E-state index contributed by atoms with van der Waals surface area (Å²) in [5.41, 5.74) is 1.83. The molecule has 2 aromatic heterocycles. The van der Waals surface area contributed by atoms with E-state index < -0.39 is 0 Å². The van der Waals surface area contributed by atoms with E-state index in [0.29, 0.717) is 13.1 Å². The van der Waals surface area contributed by atoms with Crippen LogP contribution in [0.5, 0.6) is 0 Å². The Morgan fingerprint density at radius 1 is 1.17 bits per heavy atom. The van der Waals surface area contributed by atoms with Gasteiger partial charge in [0, 0.05) is 30.7 Å². The van der Waals surface area contributed by atoms with Gasteiger partial charge in [0.25, 0.3) is 11.5 Å². The lowest BCUT2D eigenvalue weighted by Crippen LogP contribution is -2.29. The van der Waals surface area contributed by atoms with Crippen molar-refractivity contribution in [2.75, 3.05) is 0 Å². The molecule has 1 N–H and O–H groups in total. The summed E-state index contributed by atoms with van der Waals surface area (Å²) in [6.07, 6.45) is 2.51. The second-order valence-electron chi connectivity index (χ2n) is 5.45. The van der Waals surface area contributed by atoms with Crippen molar-refractivity contribution in [3.05, 3.63) is 70.3 Å². The van der Waals surface area contributed by atoms with Gasteiger partial charge in [0.05, 0.1) is 5.52 Å². The number of carbonyl (C=O) groups excluding carboxylic acids is 1. The molecular weight excluding hydrogens is 304 g/mol. The minimum Gasteiger partial charge on any atom is -0.346 e. The molecule has 0 aliphatic carbocycles. The number of pyridine rings is 1. The number of nitrogens with one attached hydrogen (secondary N) is 1. The van der Waals surface area contributed by atoms with Gasteiger partial charge in [-0.05, 0) is 24.1 Å². The Morgan fingerprint density at radius 3 is 2.83 bits per heavy atom. The van der Waals surface area contributed by atoms with E-state index in [4.69, 9.17) is 0 Å². The van der Waals surface area contributed by atoms with Gasteiger partial charge in [-0.15, -0.1) is 0 Å². The summed E-state index contributed by atoms with van der Waals surface area (Å²) in [5.74, 6) is -0.312. The average molecular weight is 322 g/mol. The summed E-state index contributed by atoms with van der Waals surface area (Å²) in [5, 5.41) is 7.98. The van der Waals surface area contributed by atoms with E-state index in [9.17, 15) is 9.59 Å². The zero-order valence-corrected chi connectivity index (χ0v) is 13.4. The van der Waals surface area contributed by atoms with Crippen molar-refractivity contribution >= 4 is 16.8 Å². The summed E-state index contributed by atoms with van der Waals surface area (Å²) in [7, 11) is 0. The highest BCUT2D eigenvalue weighted by molar-refractivity contribution is 5.92. The second-order valence-corrected chi connectivity index (χ2v) is 5.45. The Labute approximate surface area is 139 Å². The molecule has 1 amide bonds. The summed E-state index contributed by atoms with van der Waals surface area (Å²) >= 11 is 0. The predicted octanol–water partition coefficient (Wildman–Crippen LogP) is 2.13. The molecule has 0 unspecified atom stereocenters. The van der Waals surface area contributed by atoms with E-state index in [2.05, 4.69) is 15.4 Å². The Morgan fingerprint density at radius 2 is 2.00 bits per heavy atom. The molecule has 2 heterocycles. The number of para-hydroxylation sites is 1. The number of hydrogen-bond acceptors (Lipinski definition) is 4. The molecule has 6 nitrogen and oxygen atoms in total. The molecule has 0 aliphatic heterocycles. The third-order valence-electron chi connectivity index (χ3n) is 3.69. The van der Waals surface area contributed by atoms with Crippen LogP contribution in [0.4, 0.5) is 0 Å².